The van der Waals surface area contributed by atoms with Crippen LogP contribution in [0.2, 0.25) is 0 Å². The molecule has 2 aliphatic carbocycles. The zero-order valence-electron chi connectivity index (χ0n) is 16.5. The minimum atomic E-state index is -0.594. The lowest BCUT2D eigenvalue weighted by molar-refractivity contribution is -0.119. The summed E-state index contributed by atoms with van der Waals surface area (Å²) in [5, 5.41) is 3.34. The number of nitrogens with one attached hydrogen (secondary N) is 2. The fourth-order valence-corrected chi connectivity index (χ4v) is 3.72. The lowest BCUT2D eigenvalue weighted by Gasteiger charge is -2.26. The number of aromatic nitrogens is 1. The summed E-state index contributed by atoms with van der Waals surface area (Å²) in [5.41, 5.74) is 7.87. The molecule has 0 unspecified atom stereocenters. The van der Waals surface area contributed by atoms with Crippen LogP contribution in [0.25, 0.3) is 22.2 Å². The van der Waals surface area contributed by atoms with Gasteiger partial charge in [0.15, 0.2) is 0 Å². The Balaban J connectivity index is 0.000000230. The van der Waals surface area contributed by atoms with Crippen LogP contribution in [0, 0.1) is 17.5 Å². The van der Waals surface area contributed by atoms with E-state index in [1.165, 1.54) is 18.2 Å². The van der Waals surface area contributed by atoms with Gasteiger partial charge in [0, 0.05) is 17.5 Å². The van der Waals surface area contributed by atoms with Crippen molar-refractivity contribution in [3.8, 4) is 11.3 Å². The highest BCUT2D eigenvalue weighted by Gasteiger charge is 2.28. The van der Waals surface area contributed by atoms with Crippen LogP contribution in [0.3, 0.4) is 0 Å². The van der Waals surface area contributed by atoms with Gasteiger partial charge in [-0.15, -0.1) is 0 Å². The van der Waals surface area contributed by atoms with Crippen LogP contribution in [-0.2, 0) is 4.79 Å². The molecule has 1 aromatic heterocycles. The van der Waals surface area contributed by atoms with Crippen molar-refractivity contribution in [3.63, 3.8) is 0 Å². The van der Waals surface area contributed by atoms with Crippen molar-refractivity contribution in [3.05, 3.63) is 59.4 Å². The highest BCUT2D eigenvalue weighted by atomic mass is 19.1. The first-order chi connectivity index (χ1) is 14.5. The number of carbonyl (C=O) groups is 1. The molecule has 7 heteroatoms. The molecule has 30 heavy (non-hydrogen) atoms. The Bertz CT molecular complexity index is 1050. The number of aromatic amines is 1. The molecule has 0 bridgehead atoms. The smallest absolute Gasteiger partial charge is 0.233 e. The minimum absolute atomic E-state index is 0.0347. The third-order valence-corrected chi connectivity index (χ3v) is 5.64. The Labute approximate surface area is 172 Å². The molecule has 3 aromatic rings. The van der Waals surface area contributed by atoms with Crippen molar-refractivity contribution in [1.82, 2.24) is 10.3 Å². The van der Waals surface area contributed by atoms with Crippen LogP contribution < -0.4 is 11.1 Å². The Hall–Kier alpha value is -2.80. The summed E-state index contributed by atoms with van der Waals surface area (Å²) < 4.78 is 40.8. The highest BCUT2D eigenvalue weighted by molar-refractivity contribution is 5.92. The summed E-state index contributed by atoms with van der Waals surface area (Å²) in [7, 11) is 0. The Morgan fingerprint density at radius 3 is 2.30 bits per heavy atom. The maximum atomic E-state index is 14.1. The summed E-state index contributed by atoms with van der Waals surface area (Å²) in [6.45, 7) is 0.122. The first-order valence-electron chi connectivity index (χ1n) is 10.2. The second-order valence-corrected chi connectivity index (χ2v) is 7.90. The number of fused-ring (bicyclic) bond motifs is 1. The number of hydrogen-bond donors (Lipinski definition) is 3. The van der Waals surface area contributed by atoms with Crippen LogP contribution in [-0.4, -0.2) is 23.5 Å². The number of amides is 1. The van der Waals surface area contributed by atoms with E-state index in [4.69, 9.17) is 5.73 Å². The largest absolute Gasteiger partial charge is 0.352 e. The van der Waals surface area contributed by atoms with Crippen molar-refractivity contribution < 1.29 is 18.0 Å². The van der Waals surface area contributed by atoms with Gasteiger partial charge in [-0.2, -0.15) is 0 Å². The molecule has 0 atom stereocenters. The van der Waals surface area contributed by atoms with Gasteiger partial charge in [-0.05, 0) is 73.1 Å². The summed E-state index contributed by atoms with van der Waals surface area (Å²) >= 11 is 0. The molecule has 2 fully saturated rings. The molecule has 1 amide bonds. The highest BCUT2D eigenvalue weighted by Crippen LogP contribution is 2.45. The quantitative estimate of drug-likeness (QED) is 0.576. The summed E-state index contributed by atoms with van der Waals surface area (Å²) in [5.74, 6) is -1.22. The van der Waals surface area contributed by atoms with E-state index < -0.39 is 11.6 Å². The van der Waals surface area contributed by atoms with Gasteiger partial charge < -0.3 is 16.0 Å². The molecule has 5 rings (SSSR count). The second kappa shape index (κ2) is 8.52. The molecular weight excluding hydrogens is 391 g/mol. The number of H-pyrrole nitrogens is 1. The Morgan fingerprint density at radius 1 is 1.03 bits per heavy atom. The summed E-state index contributed by atoms with van der Waals surface area (Å²) in [4.78, 5) is 13.5. The molecule has 0 aliphatic heterocycles. The number of carbonyl (C=O) groups excluding carboxylic acids is 1. The number of nitrogens with two attached hydrogens (primary N) is 1. The molecule has 0 radical (unpaired) electrons. The molecule has 2 saturated carbocycles. The van der Waals surface area contributed by atoms with E-state index in [1.54, 1.807) is 12.1 Å². The maximum Gasteiger partial charge on any atom is 0.233 e. The molecule has 0 saturated heterocycles. The van der Waals surface area contributed by atoms with E-state index >= 15 is 0 Å². The van der Waals surface area contributed by atoms with Gasteiger partial charge in [0.2, 0.25) is 5.91 Å². The SMILES string of the molecule is Fc1ccc(-c2[nH]c3c(F)cc(F)cc3c2C2CCC2)cc1.NCC(=O)NC1CC1. The minimum Gasteiger partial charge on any atom is -0.352 e. The fourth-order valence-electron chi connectivity index (χ4n) is 3.72. The van der Waals surface area contributed by atoms with Gasteiger partial charge in [0.05, 0.1) is 17.8 Å². The van der Waals surface area contributed by atoms with Gasteiger partial charge in [-0.3, -0.25) is 4.79 Å². The van der Waals surface area contributed by atoms with E-state index in [0.717, 1.165) is 55.0 Å². The predicted molar refractivity (Wildman–Crippen MR) is 110 cm³/mol. The molecule has 2 aromatic carbocycles. The molecule has 4 N–H and O–H groups in total. The van der Waals surface area contributed by atoms with Gasteiger partial charge in [-0.1, -0.05) is 6.42 Å². The molecule has 158 valence electrons. The third-order valence-electron chi connectivity index (χ3n) is 5.64. The first kappa shape index (κ1) is 20.5. The first-order valence-corrected chi connectivity index (χ1v) is 10.2. The Kier molecular flexibility index (Phi) is 5.81. The lowest BCUT2D eigenvalue weighted by atomic mass is 9.78. The van der Waals surface area contributed by atoms with Crippen molar-refractivity contribution >= 4 is 16.8 Å². The standard InChI is InChI=1S/C18H14F3N.C5H10N2O/c19-12-6-4-11(5-7-12)17-16(10-2-1-3-10)14-8-13(20)9-15(21)18(14)22-17;6-3-5(8)7-4-1-2-4/h4-10,22H,1-3H2;4H,1-3,6H2,(H,7,8). The van der Waals surface area contributed by atoms with Gasteiger partial charge in [-0.25, -0.2) is 13.2 Å². The zero-order chi connectivity index (χ0) is 21.3. The van der Waals surface area contributed by atoms with Crippen LogP contribution >= 0.6 is 0 Å². The van der Waals surface area contributed by atoms with E-state index in [-0.39, 0.29) is 18.3 Å². The monoisotopic (exact) mass is 415 g/mol. The molecule has 0 spiro atoms. The normalized spacial score (nSPS) is 16.0. The summed E-state index contributed by atoms with van der Waals surface area (Å²) in [6.07, 6.45) is 5.41. The van der Waals surface area contributed by atoms with E-state index in [9.17, 15) is 18.0 Å². The fraction of sp³-hybridized carbons (Fsp3) is 0.348. The number of rotatable bonds is 4. The maximum absolute atomic E-state index is 14.1. The van der Waals surface area contributed by atoms with Crippen LogP contribution in [0.5, 0.6) is 0 Å². The van der Waals surface area contributed by atoms with Crippen LogP contribution in [0.1, 0.15) is 43.6 Å². The van der Waals surface area contributed by atoms with Crippen molar-refractivity contribution in [2.45, 2.75) is 44.1 Å². The molecule has 2 aliphatic rings. The van der Waals surface area contributed by atoms with Crippen LogP contribution in [0.4, 0.5) is 13.2 Å². The zero-order valence-corrected chi connectivity index (χ0v) is 16.5. The van der Waals surface area contributed by atoms with E-state index in [2.05, 4.69) is 10.3 Å². The summed E-state index contributed by atoms with van der Waals surface area (Å²) in [6, 6.07) is 8.80. The second-order valence-electron chi connectivity index (χ2n) is 7.90. The Morgan fingerprint density at radius 2 is 1.73 bits per heavy atom. The van der Waals surface area contributed by atoms with Crippen molar-refractivity contribution in [1.29, 1.82) is 0 Å². The van der Waals surface area contributed by atoms with E-state index in [1.807, 2.05) is 0 Å². The van der Waals surface area contributed by atoms with Gasteiger partial charge in [0.1, 0.15) is 17.5 Å². The average Bonchev–Trinajstić information content (AvgIpc) is 3.42. The van der Waals surface area contributed by atoms with Crippen LogP contribution in [0.15, 0.2) is 36.4 Å². The molecule has 1 heterocycles. The topological polar surface area (TPSA) is 70.9 Å². The number of hydrogen-bond acceptors (Lipinski definition) is 2. The van der Waals surface area contributed by atoms with Gasteiger partial charge in [0.25, 0.3) is 0 Å². The third kappa shape index (κ3) is 4.36. The lowest BCUT2D eigenvalue weighted by Crippen LogP contribution is -2.31. The van der Waals surface area contributed by atoms with Gasteiger partial charge >= 0.3 is 0 Å². The predicted octanol–water partition coefficient (Wildman–Crippen LogP) is 4.74. The van der Waals surface area contributed by atoms with Crippen molar-refractivity contribution in [2.24, 2.45) is 5.73 Å². The van der Waals surface area contributed by atoms with E-state index in [0.29, 0.717) is 22.9 Å². The van der Waals surface area contributed by atoms with Crippen molar-refractivity contribution in [2.75, 3.05) is 6.54 Å². The molecule has 4 nitrogen and oxygen atoms in total. The average molecular weight is 415 g/mol. The number of halogens is 3. The number of benzene rings is 2. The molecular formula is C23H24F3N3O.